The van der Waals surface area contributed by atoms with Crippen LogP contribution in [0.25, 0.3) is 0 Å². The summed E-state index contributed by atoms with van der Waals surface area (Å²) in [6.07, 6.45) is 25.0. The van der Waals surface area contributed by atoms with Gasteiger partial charge in [0.15, 0.2) is 5.78 Å². The lowest BCUT2D eigenvalue weighted by atomic mass is 9.87. The van der Waals surface area contributed by atoms with Crippen molar-refractivity contribution in [2.75, 3.05) is 132 Å². The van der Waals surface area contributed by atoms with Gasteiger partial charge in [-0.25, -0.2) is 9.59 Å². The lowest BCUT2D eigenvalue weighted by molar-refractivity contribution is -0.142. The monoisotopic (exact) mass is 1590 g/mol. The number of hydrogen-bond acceptors (Lipinski definition) is 22. The van der Waals surface area contributed by atoms with E-state index < -0.39 is 41.9 Å². The topological polar surface area (TPSA) is 466 Å². The fraction of sp³-hybridized carbons (Fsp3) is 0.823. The van der Waals surface area contributed by atoms with Crippen molar-refractivity contribution in [1.82, 2.24) is 31.9 Å². The number of carbonyl (C=O) groups excluding carboxylic acids is 10. The standard InChI is InChI=1S/C79H138N6O26/c1-62(29-23-25-41-80-73(93)60-111-56-52-107-48-44-83-75(95)61-110-55-49-104-45-27-31-65(87)37-38-67(78(100)101)84-71(91)33-19-15-11-7-3-5-9-13-17-21-35-76(96)97)69(89)57-64(63(2)86)30-24-26-42-81-74(94)59-109-54-50-105-46-28-32-66(88)58-108-53-51-106-47-43-82-70(90)40-39-68(79(102)103)85-72(92)34-20-16-12-8-4-6-10-14-18-22-36-77(98)99/h62,64,67-68H,3-61H2,1-2H3,(H,80,93)(H,81,94)(H,82,90)(H,83,95)(H,84,91)(H,85,92)(H,96,97)(H,98,99)(H,100,101)(H,102,103)/t62-,64+,67-,68-/m0/s1. The summed E-state index contributed by atoms with van der Waals surface area (Å²) in [5.41, 5.74) is 0. The molecule has 0 aliphatic heterocycles. The van der Waals surface area contributed by atoms with E-state index in [-0.39, 0.29) is 247 Å². The predicted octanol–water partition coefficient (Wildman–Crippen LogP) is 7.65. The first-order valence-electron chi connectivity index (χ1n) is 40.7. The van der Waals surface area contributed by atoms with Crippen LogP contribution in [0, 0.1) is 11.8 Å². The average molecular weight is 1590 g/mol. The first-order valence-corrected chi connectivity index (χ1v) is 40.7. The van der Waals surface area contributed by atoms with Crippen molar-refractivity contribution in [1.29, 1.82) is 0 Å². The molecule has 0 saturated heterocycles. The zero-order valence-electron chi connectivity index (χ0n) is 66.8. The summed E-state index contributed by atoms with van der Waals surface area (Å²) in [5.74, 6) is -6.89. The second kappa shape index (κ2) is 74.5. The second-order valence-corrected chi connectivity index (χ2v) is 28.1. The van der Waals surface area contributed by atoms with Gasteiger partial charge in [-0.1, -0.05) is 122 Å². The second-order valence-electron chi connectivity index (χ2n) is 28.1. The van der Waals surface area contributed by atoms with Gasteiger partial charge in [-0.15, -0.1) is 0 Å². The normalized spacial score (nSPS) is 12.3. The van der Waals surface area contributed by atoms with Crippen LogP contribution in [0.3, 0.4) is 0 Å². The van der Waals surface area contributed by atoms with Gasteiger partial charge in [0.05, 0.1) is 66.1 Å². The number of rotatable bonds is 84. The number of ether oxygens (including phenoxy) is 8. The molecule has 0 radical (unpaired) electrons. The third kappa shape index (κ3) is 71.8. The van der Waals surface area contributed by atoms with Gasteiger partial charge in [0.2, 0.25) is 35.4 Å². The first kappa shape index (κ1) is 104. The van der Waals surface area contributed by atoms with E-state index in [1.807, 2.05) is 6.92 Å². The Morgan fingerprint density at radius 3 is 1.01 bits per heavy atom. The van der Waals surface area contributed by atoms with Crippen molar-refractivity contribution < 1.29 is 125 Å². The number of nitrogens with one attached hydrogen (secondary N) is 6. The Morgan fingerprint density at radius 2 is 0.613 bits per heavy atom. The summed E-state index contributed by atoms with van der Waals surface area (Å²) >= 11 is 0. The summed E-state index contributed by atoms with van der Waals surface area (Å²) in [6.45, 7) is 6.43. The van der Waals surface area contributed by atoms with Crippen LogP contribution in [-0.2, 0) is 105 Å². The molecule has 0 aliphatic rings. The van der Waals surface area contributed by atoms with Gasteiger partial charge >= 0.3 is 23.9 Å². The Morgan fingerprint density at radius 1 is 0.279 bits per heavy atom. The quantitative estimate of drug-likeness (QED) is 0.0261. The molecular formula is C79H138N6O26. The third-order valence-electron chi connectivity index (χ3n) is 18.1. The highest BCUT2D eigenvalue weighted by atomic mass is 16.5. The van der Waals surface area contributed by atoms with Crippen molar-refractivity contribution in [3.05, 3.63) is 0 Å². The third-order valence-corrected chi connectivity index (χ3v) is 18.1. The lowest BCUT2D eigenvalue weighted by Gasteiger charge is -2.16. The molecule has 0 aromatic carbocycles. The molecule has 6 amide bonds. The highest BCUT2D eigenvalue weighted by Crippen LogP contribution is 2.21. The van der Waals surface area contributed by atoms with Gasteiger partial charge in [0, 0.05) is 109 Å². The minimum Gasteiger partial charge on any atom is -0.481 e. The van der Waals surface area contributed by atoms with Gasteiger partial charge in [-0.05, 0) is 84.0 Å². The van der Waals surface area contributed by atoms with E-state index in [4.69, 9.17) is 48.1 Å². The van der Waals surface area contributed by atoms with Crippen LogP contribution in [0.15, 0.2) is 0 Å². The molecule has 0 rings (SSSR count). The molecule has 0 unspecified atom stereocenters. The van der Waals surface area contributed by atoms with Gasteiger partial charge in [-0.3, -0.25) is 57.5 Å². The summed E-state index contributed by atoms with van der Waals surface area (Å²) < 4.78 is 43.3. The van der Waals surface area contributed by atoms with Crippen LogP contribution in [0.4, 0.5) is 0 Å². The maximum absolute atomic E-state index is 13.0. The van der Waals surface area contributed by atoms with E-state index in [0.717, 1.165) is 103 Å². The number of ketones is 4. The number of amides is 6. The number of carbonyl (C=O) groups is 14. The highest BCUT2D eigenvalue weighted by Gasteiger charge is 2.24. The molecule has 4 atom stereocenters. The van der Waals surface area contributed by atoms with Crippen molar-refractivity contribution >= 4 is 82.5 Å². The minimum absolute atomic E-state index is 0.00150. The molecule has 32 heteroatoms. The van der Waals surface area contributed by atoms with Crippen molar-refractivity contribution in [2.45, 2.75) is 276 Å². The zero-order valence-corrected chi connectivity index (χ0v) is 66.8. The smallest absolute Gasteiger partial charge is 0.326 e. The van der Waals surface area contributed by atoms with Crippen molar-refractivity contribution in [3.63, 3.8) is 0 Å². The molecule has 0 aromatic heterocycles. The van der Waals surface area contributed by atoms with Crippen LogP contribution in [0.1, 0.15) is 264 Å². The van der Waals surface area contributed by atoms with E-state index in [1.165, 1.54) is 6.92 Å². The summed E-state index contributed by atoms with van der Waals surface area (Å²) in [4.78, 5) is 168. The number of Topliss-reactive ketones (excluding diaryl/α,β-unsaturated/α-hetero) is 4. The van der Waals surface area contributed by atoms with Crippen molar-refractivity contribution in [3.8, 4) is 0 Å². The molecule has 0 aromatic rings. The largest absolute Gasteiger partial charge is 0.481 e. The number of aliphatic carboxylic acids is 4. The molecule has 10 N–H and O–H groups in total. The SMILES string of the molecule is CC(=O)[C@H](CCCCNC(=O)COCCOCCCC(=O)COCCOCCNC(=O)CC[C@H](NC(=O)CCCCCCCCCCCCC(=O)O)C(=O)O)CC(=O)[C@@H](C)CCCCNC(=O)COCCOCCNC(=O)COCCOCCCC(=O)CC[C@H](NC(=O)CCCCCCCCCCCCC(=O)O)C(=O)O. The maximum Gasteiger partial charge on any atom is 0.326 e. The number of carboxylic acids is 4. The van der Waals surface area contributed by atoms with Gasteiger partial charge in [0.25, 0.3) is 0 Å². The van der Waals surface area contributed by atoms with Crippen LogP contribution in [0.5, 0.6) is 0 Å². The summed E-state index contributed by atoms with van der Waals surface area (Å²) in [5, 5.41) is 52.4. The van der Waals surface area contributed by atoms with Crippen LogP contribution >= 0.6 is 0 Å². The Hall–Kier alpha value is -6.94. The molecule has 0 saturated carbocycles. The van der Waals surface area contributed by atoms with Gasteiger partial charge < -0.3 is 90.2 Å². The predicted molar refractivity (Wildman–Crippen MR) is 411 cm³/mol. The molecule has 640 valence electrons. The van der Waals surface area contributed by atoms with Crippen LogP contribution in [-0.4, -0.2) is 247 Å². The van der Waals surface area contributed by atoms with Crippen molar-refractivity contribution in [2.24, 2.45) is 11.8 Å². The summed E-state index contributed by atoms with van der Waals surface area (Å²) in [6, 6.07) is -2.31. The molecule has 0 bridgehead atoms. The number of unbranched alkanes of at least 4 members (excludes halogenated alkanes) is 20. The van der Waals surface area contributed by atoms with Gasteiger partial charge in [-0.2, -0.15) is 0 Å². The van der Waals surface area contributed by atoms with Crippen LogP contribution in [0.2, 0.25) is 0 Å². The van der Waals surface area contributed by atoms with E-state index >= 15 is 0 Å². The zero-order chi connectivity index (χ0) is 82.0. The number of carboxylic acid groups (broad SMARTS) is 4. The van der Waals surface area contributed by atoms with E-state index in [0.29, 0.717) is 96.7 Å². The van der Waals surface area contributed by atoms with E-state index in [9.17, 15) is 77.3 Å². The molecule has 0 aliphatic carbocycles. The maximum atomic E-state index is 13.0. The first-order chi connectivity index (χ1) is 53.5. The molecule has 0 fully saturated rings. The Labute approximate surface area is 657 Å². The minimum atomic E-state index is -1.21. The Bertz CT molecular complexity index is 2560. The molecule has 0 spiro atoms. The lowest BCUT2D eigenvalue weighted by Crippen LogP contribution is -2.41. The fourth-order valence-electron chi connectivity index (χ4n) is 11.4. The molecular weight excluding hydrogens is 1450 g/mol. The molecule has 111 heavy (non-hydrogen) atoms. The Kier molecular flexibility index (Phi) is 69.8. The van der Waals surface area contributed by atoms with Gasteiger partial charge in [0.1, 0.15) is 55.9 Å². The molecule has 0 heterocycles. The van der Waals surface area contributed by atoms with Crippen LogP contribution < -0.4 is 31.9 Å². The fourth-order valence-corrected chi connectivity index (χ4v) is 11.4. The highest BCUT2D eigenvalue weighted by molar-refractivity contribution is 5.88. The summed E-state index contributed by atoms with van der Waals surface area (Å²) in [7, 11) is 0. The average Bonchev–Trinajstić information content (AvgIpc) is 0.928. The Balaban J connectivity index is 3.83. The number of hydrogen-bond donors (Lipinski definition) is 10. The molecule has 32 nitrogen and oxygen atoms in total. The van der Waals surface area contributed by atoms with E-state index in [2.05, 4.69) is 31.9 Å². The van der Waals surface area contributed by atoms with E-state index in [1.54, 1.807) is 0 Å².